The number of likely N-dealkylation sites (tertiary alicyclic amines) is 1. The number of para-hydroxylation sites is 2. The van der Waals surface area contributed by atoms with Gasteiger partial charge >= 0.3 is 0 Å². The van der Waals surface area contributed by atoms with Crippen LogP contribution in [0.25, 0.3) is 11.1 Å². The molecule has 0 atom stereocenters. The van der Waals surface area contributed by atoms with Crippen LogP contribution < -0.4 is 0 Å². The zero-order valence-electron chi connectivity index (χ0n) is 14.4. The lowest BCUT2D eigenvalue weighted by Gasteiger charge is -2.33. The van der Waals surface area contributed by atoms with Crippen molar-refractivity contribution in [2.75, 3.05) is 13.1 Å². The number of imidazole rings is 1. The van der Waals surface area contributed by atoms with Gasteiger partial charge in [0.05, 0.1) is 6.33 Å². The fourth-order valence-corrected chi connectivity index (χ4v) is 3.55. The Labute approximate surface area is 146 Å². The van der Waals surface area contributed by atoms with Crippen LogP contribution >= 0.6 is 0 Å². The number of carbonyl (C=O) groups excluding carboxylic acids is 1. The Morgan fingerprint density at radius 2 is 2.08 bits per heavy atom. The minimum atomic E-state index is 0.183. The number of amides is 1. The first-order valence-electron chi connectivity index (χ1n) is 8.81. The molecule has 1 saturated heterocycles. The topological polar surface area (TPSA) is 64.2 Å². The molecular weight excluding hydrogens is 316 g/mol. The number of aromatic nitrogens is 3. The first kappa shape index (κ1) is 15.9. The van der Waals surface area contributed by atoms with E-state index >= 15 is 0 Å². The zero-order chi connectivity index (χ0) is 17.2. The van der Waals surface area contributed by atoms with E-state index in [1.165, 1.54) is 5.69 Å². The zero-order valence-corrected chi connectivity index (χ0v) is 14.4. The second kappa shape index (κ2) is 6.70. The number of hydrogen-bond acceptors (Lipinski definition) is 4. The minimum Gasteiger partial charge on any atom is -0.441 e. The van der Waals surface area contributed by atoms with E-state index in [1.807, 2.05) is 41.7 Å². The highest BCUT2D eigenvalue weighted by molar-refractivity contribution is 5.76. The maximum Gasteiger partial charge on any atom is 0.223 e. The van der Waals surface area contributed by atoms with Crippen molar-refractivity contribution in [1.29, 1.82) is 0 Å². The summed E-state index contributed by atoms with van der Waals surface area (Å²) in [5, 5.41) is 0. The molecule has 1 amide bonds. The third-order valence-corrected chi connectivity index (χ3v) is 4.96. The fourth-order valence-electron chi connectivity index (χ4n) is 3.55. The molecule has 6 nitrogen and oxygen atoms in total. The normalized spacial score (nSPS) is 15.8. The van der Waals surface area contributed by atoms with Crippen molar-refractivity contribution in [3.05, 3.63) is 48.4 Å². The Morgan fingerprint density at radius 1 is 1.28 bits per heavy atom. The number of carbonyl (C=O) groups is 1. The summed E-state index contributed by atoms with van der Waals surface area (Å²) in [6, 6.07) is 8.13. The quantitative estimate of drug-likeness (QED) is 0.733. The molecule has 6 heteroatoms. The summed E-state index contributed by atoms with van der Waals surface area (Å²) >= 11 is 0. The third kappa shape index (κ3) is 3.29. The molecule has 0 radical (unpaired) electrons. The van der Waals surface area contributed by atoms with Crippen LogP contribution in [0.4, 0.5) is 0 Å². The average molecular weight is 338 g/mol. The van der Waals surface area contributed by atoms with E-state index < -0.39 is 0 Å². The summed E-state index contributed by atoms with van der Waals surface area (Å²) in [7, 11) is 0. The maximum atomic E-state index is 12.5. The molecule has 1 fully saturated rings. The molecule has 3 aromatic rings. The summed E-state index contributed by atoms with van der Waals surface area (Å²) in [4.78, 5) is 23.1. The van der Waals surface area contributed by atoms with Gasteiger partial charge in [0.1, 0.15) is 5.52 Å². The van der Waals surface area contributed by atoms with Gasteiger partial charge in [0.25, 0.3) is 0 Å². The van der Waals surface area contributed by atoms with Gasteiger partial charge in [0.15, 0.2) is 11.5 Å². The van der Waals surface area contributed by atoms with E-state index in [4.69, 9.17) is 4.42 Å². The second-order valence-corrected chi connectivity index (χ2v) is 6.63. The van der Waals surface area contributed by atoms with Gasteiger partial charge in [-0.15, -0.1) is 0 Å². The molecule has 0 N–H and O–H groups in total. The van der Waals surface area contributed by atoms with Gasteiger partial charge in [-0.25, -0.2) is 9.97 Å². The molecule has 0 bridgehead atoms. The number of piperidine rings is 1. The number of rotatable bonds is 4. The molecule has 130 valence electrons. The first-order valence-corrected chi connectivity index (χ1v) is 8.81. The Hall–Kier alpha value is -2.63. The van der Waals surface area contributed by atoms with Gasteiger partial charge in [-0.3, -0.25) is 4.79 Å². The smallest absolute Gasteiger partial charge is 0.223 e. The molecule has 0 saturated carbocycles. The van der Waals surface area contributed by atoms with Crippen LogP contribution in [0.5, 0.6) is 0 Å². The highest BCUT2D eigenvalue weighted by atomic mass is 16.3. The summed E-state index contributed by atoms with van der Waals surface area (Å²) in [5.41, 5.74) is 2.81. The fraction of sp³-hybridized carbons (Fsp3) is 0.421. The third-order valence-electron chi connectivity index (χ3n) is 4.96. The van der Waals surface area contributed by atoms with Gasteiger partial charge in [-0.05, 0) is 31.9 Å². The van der Waals surface area contributed by atoms with E-state index in [-0.39, 0.29) is 5.91 Å². The lowest BCUT2D eigenvalue weighted by Crippen LogP contribution is -2.39. The van der Waals surface area contributed by atoms with Gasteiger partial charge in [0, 0.05) is 43.9 Å². The van der Waals surface area contributed by atoms with Crippen LogP contribution in [0.15, 0.2) is 41.2 Å². The van der Waals surface area contributed by atoms with Crippen LogP contribution in [-0.4, -0.2) is 38.4 Å². The van der Waals surface area contributed by atoms with Crippen LogP contribution in [-0.2, 0) is 11.2 Å². The Bertz CT molecular complexity index is 841. The number of hydrogen-bond donors (Lipinski definition) is 0. The van der Waals surface area contributed by atoms with Gasteiger partial charge < -0.3 is 13.9 Å². The van der Waals surface area contributed by atoms with Crippen molar-refractivity contribution in [3.63, 3.8) is 0 Å². The van der Waals surface area contributed by atoms with Gasteiger partial charge in [0.2, 0.25) is 5.91 Å². The van der Waals surface area contributed by atoms with Crippen molar-refractivity contribution in [2.45, 2.75) is 38.6 Å². The number of oxazole rings is 1. The number of fused-ring (bicyclic) bond motifs is 1. The summed E-state index contributed by atoms with van der Waals surface area (Å²) in [6.45, 7) is 3.67. The molecule has 1 aromatic carbocycles. The molecule has 25 heavy (non-hydrogen) atoms. The lowest BCUT2D eigenvalue weighted by molar-refractivity contribution is -0.132. The molecule has 3 heterocycles. The van der Waals surface area contributed by atoms with Crippen molar-refractivity contribution < 1.29 is 9.21 Å². The van der Waals surface area contributed by atoms with Crippen molar-refractivity contribution in [1.82, 2.24) is 19.4 Å². The van der Waals surface area contributed by atoms with Gasteiger partial charge in [-0.2, -0.15) is 0 Å². The predicted molar refractivity (Wildman–Crippen MR) is 94.1 cm³/mol. The van der Waals surface area contributed by atoms with Crippen molar-refractivity contribution in [2.24, 2.45) is 0 Å². The molecule has 4 rings (SSSR count). The Balaban J connectivity index is 1.31. The SMILES string of the molecule is Cc1cncn1C1CCN(C(=O)CCc2nc3ccccc3o2)CC1. The molecular formula is C19H22N4O2. The monoisotopic (exact) mass is 338 g/mol. The number of aryl methyl sites for hydroxylation is 2. The van der Waals surface area contributed by atoms with E-state index in [0.717, 1.165) is 37.0 Å². The highest BCUT2D eigenvalue weighted by Crippen LogP contribution is 2.24. The lowest BCUT2D eigenvalue weighted by atomic mass is 10.0. The average Bonchev–Trinajstić information content (AvgIpc) is 3.25. The molecule has 1 aliphatic heterocycles. The first-order chi connectivity index (χ1) is 12.2. The van der Waals surface area contributed by atoms with Gasteiger partial charge in [-0.1, -0.05) is 12.1 Å². The second-order valence-electron chi connectivity index (χ2n) is 6.63. The van der Waals surface area contributed by atoms with Crippen molar-refractivity contribution >= 4 is 17.0 Å². The maximum absolute atomic E-state index is 12.5. The summed E-state index contributed by atoms with van der Waals surface area (Å²) in [5.74, 6) is 0.821. The number of nitrogens with zero attached hydrogens (tertiary/aromatic N) is 4. The van der Waals surface area contributed by atoms with Crippen LogP contribution in [0.2, 0.25) is 0 Å². The molecule has 0 spiro atoms. The Morgan fingerprint density at radius 3 is 2.80 bits per heavy atom. The largest absolute Gasteiger partial charge is 0.441 e. The van der Waals surface area contributed by atoms with Crippen molar-refractivity contribution in [3.8, 4) is 0 Å². The number of benzene rings is 1. The van der Waals surface area contributed by atoms with Crippen LogP contribution in [0.3, 0.4) is 0 Å². The summed E-state index contributed by atoms with van der Waals surface area (Å²) in [6.07, 6.45) is 6.73. The Kier molecular flexibility index (Phi) is 4.26. The highest BCUT2D eigenvalue weighted by Gasteiger charge is 2.24. The van der Waals surface area contributed by atoms with E-state index in [9.17, 15) is 4.79 Å². The molecule has 2 aromatic heterocycles. The molecule has 1 aliphatic rings. The van der Waals surface area contributed by atoms with E-state index in [0.29, 0.717) is 24.8 Å². The summed E-state index contributed by atoms with van der Waals surface area (Å²) < 4.78 is 7.92. The van der Waals surface area contributed by atoms with E-state index in [1.54, 1.807) is 0 Å². The molecule has 0 unspecified atom stereocenters. The molecule has 0 aliphatic carbocycles. The van der Waals surface area contributed by atoms with E-state index in [2.05, 4.69) is 21.5 Å². The van der Waals surface area contributed by atoms with Crippen LogP contribution in [0.1, 0.15) is 36.9 Å². The minimum absolute atomic E-state index is 0.183. The van der Waals surface area contributed by atoms with Crippen LogP contribution in [0, 0.1) is 6.92 Å². The standard InChI is InChI=1S/C19H22N4O2/c1-14-12-20-13-23(14)15-8-10-22(11-9-15)19(24)7-6-18-21-16-4-2-3-5-17(16)25-18/h2-5,12-13,15H,6-11H2,1H3. The predicted octanol–water partition coefficient (Wildman–Crippen LogP) is 3.13.